The average Bonchev–Trinajstić information content (AvgIpc) is 4.21. The van der Waals surface area contributed by atoms with Gasteiger partial charge in [-0.1, -0.05) is 12.1 Å². The maximum Gasteiger partial charge on any atom is 0.180 e. The number of fused-ring (bicyclic) bond motifs is 2. The van der Waals surface area contributed by atoms with Crippen LogP contribution in [0.4, 0.5) is 11.6 Å². The Kier molecular flexibility index (Phi) is 22.0. The molecule has 0 aliphatic carbocycles. The summed E-state index contributed by atoms with van der Waals surface area (Å²) < 4.78 is 39.0. The third-order valence-corrected chi connectivity index (χ3v) is 13.2. The molecule has 0 radical (unpaired) electrons. The molecule has 402 valence electrons. The van der Waals surface area contributed by atoms with Crippen LogP contribution < -0.4 is 19.3 Å². The van der Waals surface area contributed by atoms with E-state index in [9.17, 15) is 4.79 Å². The van der Waals surface area contributed by atoms with E-state index in [0.717, 1.165) is 129 Å². The number of carbonyl (C=O) groups excluding carboxylic acids is 1. The SMILES string of the molecule is C1CCOC1.CC(C)Oc1ccc2c(c1)C(c1cc(N3CCN(CCOCC=O)[C@@H](C)C3)ncn1)=NC2.CCOC(COCCN1CCN(c2cc(C3=NCc4ccc(OC(C)C)cc43)ncn2)C[C@@H]1C)OCC. The van der Waals surface area contributed by atoms with Crippen LogP contribution in [-0.4, -0.2) is 183 Å². The Morgan fingerprint density at radius 3 is 1.55 bits per heavy atom. The molecule has 3 fully saturated rings. The first-order valence-corrected chi connectivity index (χ1v) is 26.7. The van der Waals surface area contributed by atoms with E-state index in [1.165, 1.54) is 24.0 Å². The Balaban J connectivity index is 0.000000199. The second kappa shape index (κ2) is 29.0. The summed E-state index contributed by atoms with van der Waals surface area (Å²) in [7, 11) is 0. The van der Waals surface area contributed by atoms with E-state index in [0.29, 0.717) is 58.2 Å². The monoisotopic (exact) mass is 1020 g/mol. The molecule has 7 heterocycles. The lowest BCUT2D eigenvalue weighted by Crippen LogP contribution is -2.53. The van der Waals surface area contributed by atoms with Crippen LogP contribution in [0.5, 0.6) is 11.5 Å². The molecule has 2 aromatic heterocycles. The molecule has 2 aromatic carbocycles. The number of hydrogen-bond donors (Lipinski definition) is 0. The number of ether oxygens (including phenoxy) is 7. The van der Waals surface area contributed by atoms with Crippen LogP contribution in [0.1, 0.15) is 102 Å². The number of rotatable bonds is 22. The summed E-state index contributed by atoms with van der Waals surface area (Å²) in [6.07, 6.45) is 6.58. The fourth-order valence-corrected chi connectivity index (χ4v) is 9.53. The third kappa shape index (κ3) is 16.3. The van der Waals surface area contributed by atoms with Gasteiger partial charge >= 0.3 is 0 Å². The molecular formula is C56H80N10O8. The van der Waals surface area contributed by atoms with E-state index in [4.69, 9.17) is 43.1 Å². The summed E-state index contributed by atoms with van der Waals surface area (Å²) in [4.78, 5) is 47.7. The molecule has 18 nitrogen and oxygen atoms in total. The van der Waals surface area contributed by atoms with E-state index < -0.39 is 0 Å². The maximum absolute atomic E-state index is 10.4. The van der Waals surface area contributed by atoms with Crippen LogP contribution in [0.2, 0.25) is 0 Å². The minimum absolute atomic E-state index is 0.123. The second-order valence-corrected chi connectivity index (χ2v) is 19.5. The summed E-state index contributed by atoms with van der Waals surface area (Å²) in [5.74, 6) is 3.57. The molecule has 9 rings (SSSR count). The Hall–Kier alpha value is -5.47. The molecule has 4 aromatic rings. The number of hydrogen-bond acceptors (Lipinski definition) is 18. The zero-order valence-electron chi connectivity index (χ0n) is 45.1. The number of aromatic nitrogens is 4. The van der Waals surface area contributed by atoms with Crippen molar-refractivity contribution in [3.8, 4) is 11.5 Å². The highest BCUT2D eigenvalue weighted by atomic mass is 16.7. The highest BCUT2D eigenvalue weighted by Crippen LogP contribution is 2.30. The lowest BCUT2D eigenvalue weighted by molar-refractivity contribution is -0.168. The van der Waals surface area contributed by atoms with Crippen LogP contribution in [0, 0.1) is 0 Å². The Morgan fingerprint density at radius 2 is 1.14 bits per heavy atom. The number of nitrogens with zero attached hydrogens (tertiary/aromatic N) is 10. The van der Waals surface area contributed by atoms with Gasteiger partial charge in [0.05, 0.1) is 67.9 Å². The van der Waals surface area contributed by atoms with Crippen molar-refractivity contribution in [2.45, 2.75) is 112 Å². The molecule has 0 unspecified atom stereocenters. The minimum atomic E-state index is -0.290. The molecule has 5 aliphatic rings. The standard InChI is InChI=1S/C28H41N5O4.C24H31N5O3.C4H8O/c1-6-35-27(36-7-2)18-34-13-12-32-10-11-33(17-21(32)5)26-15-25(30-19-31-26)28-24-14-23(37-20(3)4)9-8-22(24)16-29-28;1-17(2)32-20-5-4-19-14-25-24(21(19)12-20)22-13-23(27-16-26-22)29-7-6-28(18(3)15-29)8-10-31-11-9-30;1-2-4-5-3-1/h8-9,14-15,19-21,27H,6-7,10-13,16-18H2,1-5H3;4-5,9,12-13,16-18H,6-8,10-11,14-15H2,1-3H3;1-4H2/t21-;18-;/m00./s1. The minimum Gasteiger partial charge on any atom is -0.491 e. The molecule has 3 saturated heterocycles. The lowest BCUT2D eigenvalue weighted by atomic mass is 10.0. The van der Waals surface area contributed by atoms with Crippen molar-refractivity contribution in [1.82, 2.24) is 29.7 Å². The smallest absolute Gasteiger partial charge is 0.180 e. The molecule has 0 N–H and O–H groups in total. The first-order valence-electron chi connectivity index (χ1n) is 26.7. The van der Waals surface area contributed by atoms with E-state index in [1.54, 1.807) is 12.7 Å². The number of carbonyl (C=O) groups is 1. The van der Waals surface area contributed by atoms with Gasteiger partial charge in [0.25, 0.3) is 0 Å². The quantitative estimate of drug-likeness (QED) is 0.0464. The van der Waals surface area contributed by atoms with Crippen molar-refractivity contribution in [2.24, 2.45) is 9.98 Å². The van der Waals surface area contributed by atoms with Gasteiger partial charge < -0.3 is 47.8 Å². The lowest BCUT2D eigenvalue weighted by Gasteiger charge is -2.40. The van der Waals surface area contributed by atoms with Crippen LogP contribution in [-0.2, 0) is 41.6 Å². The summed E-state index contributed by atoms with van der Waals surface area (Å²) in [6.45, 7) is 30.0. The molecule has 5 aliphatic heterocycles. The molecule has 0 spiro atoms. The largest absolute Gasteiger partial charge is 0.491 e. The maximum atomic E-state index is 10.4. The topological polar surface area (TPSA) is 171 Å². The van der Waals surface area contributed by atoms with Gasteiger partial charge in [0.15, 0.2) is 6.29 Å². The number of benzene rings is 2. The number of aldehydes is 1. The van der Waals surface area contributed by atoms with Gasteiger partial charge in [0, 0.05) is 114 Å². The Morgan fingerprint density at radius 1 is 0.649 bits per heavy atom. The second-order valence-electron chi connectivity index (χ2n) is 19.5. The summed E-state index contributed by atoms with van der Waals surface area (Å²) in [6, 6.07) is 17.2. The summed E-state index contributed by atoms with van der Waals surface area (Å²) in [5, 5.41) is 0. The molecular weight excluding hydrogens is 941 g/mol. The molecule has 74 heavy (non-hydrogen) atoms. The first-order chi connectivity index (χ1) is 36.0. The van der Waals surface area contributed by atoms with Crippen molar-refractivity contribution in [2.75, 3.05) is 115 Å². The predicted molar refractivity (Wildman–Crippen MR) is 288 cm³/mol. The van der Waals surface area contributed by atoms with E-state index in [1.807, 2.05) is 59.7 Å². The van der Waals surface area contributed by atoms with E-state index in [-0.39, 0.29) is 25.1 Å². The summed E-state index contributed by atoms with van der Waals surface area (Å²) in [5.41, 5.74) is 8.07. The molecule has 0 bridgehead atoms. The van der Waals surface area contributed by atoms with Crippen molar-refractivity contribution in [1.29, 1.82) is 0 Å². The highest BCUT2D eigenvalue weighted by molar-refractivity contribution is 6.15. The zero-order valence-corrected chi connectivity index (χ0v) is 45.1. The number of aliphatic imine (C=N–C) groups is 2. The average molecular weight is 1020 g/mol. The van der Waals surface area contributed by atoms with Crippen LogP contribution in [0.3, 0.4) is 0 Å². The van der Waals surface area contributed by atoms with Crippen LogP contribution in [0.25, 0.3) is 0 Å². The van der Waals surface area contributed by atoms with E-state index >= 15 is 0 Å². The molecule has 0 amide bonds. The molecule has 2 atom stereocenters. The normalized spacial score (nSPS) is 18.6. The van der Waals surface area contributed by atoms with Crippen molar-refractivity contribution < 1.29 is 38.0 Å². The van der Waals surface area contributed by atoms with Crippen molar-refractivity contribution in [3.05, 3.63) is 94.8 Å². The fraction of sp³-hybridized carbons (Fsp3) is 0.589. The Bertz CT molecular complexity index is 2420. The summed E-state index contributed by atoms with van der Waals surface area (Å²) >= 11 is 0. The van der Waals surface area contributed by atoms with Crippen LogP contribution in [0.15, 0.2) is 71.2 Å². The first kappa shape index (κ1) is 56.3. The zero-order chi connectivity index (χ0) is 52.2. The molecule has 18 heteroatoms. The Labute approximate surface area is 438 Å². The van der Waals surface area contributed by atoms with Crippen molar-refractivity contribution in [3.63, 3.8) is 0 Å². The van der Waals surface area contributed by atoms with E-state index in [2.05, 4.69) is 83.7 Å². The van der Waals surface area contributed by atoms with Crippen molar-refractivity contribution >= 4 is 29.3 Å². The van der Waals surface area contributed by atoms with Gasteiger partial charge in [-0.05, 0) is 104 Å². The van der Waals surface area contributed by atoms with Gasteiger partial charge in [-0.2, -0.15) is 0 Å². The number of anilines is 2. The number of piperazine rings is 2. The predicted octanol–water partition coefficient (Wildman–Crippen LogP) is 6.68. The highest BCUT2D eigenvalue weighted by Gasteiger charge is 2.28. The van der Waals surface area contributed by atoms with Gasteiger partial charge in [-0.15, -0.1) is 0 Å². The van der Waals surface area contributed by atoms with Gasteiger partial charge in [0.1, 0.15) is 48.7 Å². The van der Waals surface area contributed by atoms with Gasteiger partial charge in [-0.3, -0.25) is 19.8 Å². The van der Waals surface area contributed by atoms with Gasteiger partial charge in [-0.25, -0.2) is 19.9 Å². The van der Waals surface area contributed by atoms with Gasteiger partial charge in [0.2, 0.25) is 0 Å². The van der Waals surface area contributed by atoms with Crippen LogP contribution >= 0.6 is 0 Å². The fourth-order valence-electron chi connectivity index (χ4n) is 9.53. The molecule has 0 saturated carbocycles. The third-order valence-electron chi connectivity index (χ3n) is 13.2.